The van der Waals surface area contributed by atoms with Crippen LogP contribution in [0.2, 0.25) is 0 Å². The Morgan fingerprint density at radius 3 is 2.71 bits per heavy atom. The molecule has 5 rings (SSSR count). The summed E-state index contributed by atoms with van der Waals surface area (Å²) in [6.07, 6.45) is 1.64. The van der Waals surface area contributed by atoms with E-state index in [1.807, 2.05) is 18.2 Å². The van der Waals surface area contributed by atoms with Gasteiger partial charge in [0, 0.05) is 37.4 Å². The molecule has 4 heterocycles. The molecule has 0 radical (unpaired) electrons. The van der Waals surface area contributed by atoms with Gasteiger partial charge in [-0.05, 0) is 37.1 Å². The van der Waals surface area contributed by atoms with Crippen molar-refractivity contribution in [3.05, 3.63) is 34.7 Å². The molecule has 186 valence electrons. The Morgan fingerprint density at radius 2 is 1.94 bits per heavy atom. The second kappa shape index (κ2) is 10.6. The number of carbonyl (C=O) groups is 1. The molecule has 0 saturated carbocycles. The van der Waals surface area contributed by atoms with Crippen molar-refractivity contribution in [1.82, 2.24) is 9.97 Å². The van der Waals surface area contributed by atoms with Crippen molar-refractivity contribution in [2.75, 3.05) is 43.1 Å². The van der Waals surface area contributed by atoms with E-state index < -0.39 is 6.16 Å². The van der Waals surface area contributed by atoms with E-state index in [2.05, 4.69) is 23.2 Å². The summed E-state index contributed by atoms with van der Waals surface area (Å²) >= 11 is 1.70. The van der Waals surface area contributed by atoms with Crippen molar-refractivity contribution in [1.29, 1.82) is 0 Å². The summed E-state index contributed by atoms with van der Waals surface area (Å²) in [7, 11) is 0. The average molecular weight is 499 g/mol. The predicted molar refractivity (Wildman–Crippen MR) is 135 cm³/mol. The molecule has 1 aromatic carbocycles. The number of aromatic nitrogens is 2. The fraction of sp³-hybridized carbons (Fsp3) is 0.480. The van der Waals surface area contributed by atoms with Gasteiger partial charge in [-0.25, -0.2) is 9.78 Å². The number of carbonyl (C=O) groups excluding carboxylic acids is 1. The first-order chi connectivity index (χ1) is 17.1. The van der Waals surface area contributed by atoms with E-state index in [4.69, 9.17) is 28.9 Å². The fourth-order valence-corrected chi connectivity index (χ4v) is 5.22. The second-order valence-corrected chi connectivity index (χ2v) is 9.59. The molecular formula is C25H30N4O5S. The van der Waals surface area contributed by atoms with Gasteiger partial charge in [0.15, 0.2) is 11.5 Å². The first kappa shape index (κ1) is 23.5. The lowest BCUT2D eigenvalue weighted by Gasteiger charge is -2.31. The maximum Gasteiger partial charge on any atom is 0.508 e. The van der Waals surface area contributed by atoms with Crippen LogP contribution in [0.4, 0.5) is 16.6 Å². The number of nitrogens with one attached hydrogen (secondary N) is 1. The van der Waals surface area contributed by atoms with Gasteiger partial charge < -0.3 is 29.2 Å². The Hall–Kier alpha value is -3.27. The molecule has 3 aromatic rings. The van der Waals surface area contributed by atoms with E-state index in [1.54, 1.807) is 18.3 Å². The molecule has 0 spiro atoms. The standard InChI is InChI=1S/C25H30N4O5S/c1-3-18-14-19-22(26-15-16-5-6-20-21(13-16)33-12-11-32-20)27-24(28-23(19)35-18)29-9-7-17(8-10-29)34-25(30)31-4-2/h5-6,13-14,17H,3-4,7-12,15H2,1-2H3,(H,26,27,28). The number of nitrogens with zero attached hydrogens (tertiary/aromatic N) is 3. The van der Waals surface area contributed by atoms with Crippen LogP contribution in [0.5, 0.6) is 11.5 Å². The molecule has 1 fully saturated rings. The summed E-state index contributed by atoms with van der Waals surface area (Å²) in [5.74, 6) is 3.08. The number of ether oxygens (including phenoxy) is 4. The number of anilines is 2. The Balaban J connectivity index is 1.32. The van der Waals surface area contributed by atoms with Gasteiger partial charge in [-0.1, -0.05) is 13.0 Å². The van der Waals surface area contributed by atoms with Gasteiger partial charge in [0.2, 0.25) is 5.95 Å². The Morgan fingerprint density at radius 1 is 1.14 bits per heavy atom. The van der Waals surface area contributed by atoms with Crippen LogP contribution in [0.25, 0.3) is 10.2 Å². The molecule has 0 unspecified atom stereocenters. The van der Waals surface area contributed by atoms with Crippen molar-refractivity contribution >= 4 is 39.5 Å². The maximum atomic E-state index is 11.6. The first-order valence-corrected chi connectivity index (χ1v) is 13.0. The molecule has 0 bridgehead atoms. The molecule has 0 amide bonds. The molecule has 2 aliphatic rings. The number of hydrogen-bond donors (Lipinski definition) is 1. The van der Waals surface area contributed by atoms with Crippen molar-refractivity contribution in [3.63, 3.8) is 0 Å². The molecule has 1 saturated heterocycles. The molecule has 1 N–H and O–H groups in total. The van der Waals surface area contributed by atoms with Crippen LogP contribution >= 0.6 is 11.3 Å². The largest absolute Gasteiger partial charge is 0.508 e. The Bertz CT molecular complexity index is 1190. The third-order valence-corrected chi connectivity index (χ3v) is 7.27. The summed E-state index contributed by atoms with van der Waals surface area (Å²) in [4.78, 5) is 25.8. The van der Waals surface area contributed by atoms with Crippen LogP contribution < -0.4 is 19.7 Å². The normalized spacial score (nSPS) is 15.8. The fourth-order valence-electron chi connectivity index (χ4n) is 4.26. The van der Waals surface area contributed by atoms with Gasteiger partial charge in [-0.2, -0.15) is 4.98 Å². The summed E-state index contributed by atoms with van der Waals surface area (Å²) in [5.41, 5.74) is 1.09. The lowest BCUT2D eigenvalue weighted by Crippen LogP contribution is -2.39. The van der Waals surface area contributed by atoms with E-state index in [1.165, 1.54) is 4.88 Å². The highest BCUT2D eigenvalue weighted by molar-refractivity contribution is 7.18. The lowest BCUT2D eigenvalue weighted by molar-refractivity contribution is 0.0183. The second-order valence-electron chi connectivity index (χ2n) is 8.48. The number of hydrogen-bond acceptors (Lipinski definition) is 10. The maximum absolute atomic E-state index is 11.6. The van der Waals surface area contributed by atoms with Gasteiger partial charge in [-0.3, -0.25) is 0 Å². The minimum absolute atomic E-state index is 0.143. The van der Waals surface area contributed by atoms with Crippen LogP contribution in [-0.4, -0.2) is 55.1 Å². The number of rotatable bonds is 7. The SMILES string of the molecule is CCOC(=O)OC1CCN(c2nc(NCc3ccc4c(c3)OCCO4)c3cc(CC)sc3n2)CC1. The molecule has 9 nitrogen and oxygen atoms in total. The zero-order valence-corrected chi connectivity index (χ0v) is 20.9. The zero-order chi connectivity index (χ0) is 24.2. The van der Waals surface area contributed by atoms with Crippen molar-refractivity contribution in [3.8, 4) is 11.5 Å². The molecule has 35 heavy (non-hydrogen) atoms. The summed E-state index contributed by atoms with van der Waals surface area (Å²) < 4.78 is 21.7. The minimum Gasteiger partial charge on any atom is -0.486 e. The molecule has 2 aliphatic heterocycles. The Kier molecular flexibility index (Phi) is 7.08. The predicted octanol–water partition coefficient (Wildman–Crippen LogP) is 4.78. The first-order valence-electron chi connectivity index (χ1n) is 12.1. The molecule has 10 heteroatoms. The van der Waals surface area contributed by atoms with Crippen LogP contribution in [-0.2, 0) is 22.4 Å². The number of benzene rings is 1. The van der Waals surface area contributed by atoms with E-state index in [0.29, 0.717) is 58.2 Å². The number of aryl methyl sites for hydroxylation is 1. The third kappa shape index (κ3) is 5.37. The lowest BCUT2D eigenvalue weighted by atomic mass is 10.1. The van der Waals surface area contributed by atoms with Crippen LogP contribution in [0.3, 0.4) is 0 Å². The number of thiophene rings is 1. The highest BCUT2D eigenvalue weighted by Gasteiger charge is 2.25. The molecule has 0 atom stereocenters. The highest BCUT2D eigenvalue weighted by atomic mass is 32.1. The number of piperidine rings is 1. The summed E-state index contributed by atoms with van der Waals surface area (Å²) in [6.45, 7) is 7.41. The van der Waals surface area contributed by atoms with E-state index in [9.17, 15) is 4.79 Å². The summed E-state index contributed by atoms with van der Waals surface area (Å²) in [6, 6.07) is 8.18. The van der Waals surface area contributed by atoms with Crippen LogP contribution in [0.15, 0.2) is 24.3 Å². The van der Waals surface area contributed by atoms with Crippen molar-refractivity contribution < 1.29 is 23.7 Å². The average Bonchev–Trinajstić information content (AvgIpc) is 3.31. The third-order valence-electron chi connectivity index (χ3n) is 6.10. The van der Waals surface area contributed by atoms with E-state index >= 15 is 0 Å². The van der Waals surface area contributed by atoms with Gasteiger partial charge in [0.05, 0.1) is 12.0 Å². The Labute approximate surface area is 208 Å². The van der Waals surface area contributed by atoms with Gasteiger partial charge >= 0.3 is 6.16 Å². The highest BCUT2D eigenvalue weighted by Crippen LogP contribution is 2.34. The topological polar surface area (TPSA) is 95.0 Å². The zero-order valence-electron chi connectivity index (χ0n) is 20.0. The minimum atomic E-state index is -0.597. The molecule has 0 aliphatic carbocycles. The van der Waals surface area contributed by atoms with Crippen molar-refractivity contribution in [2.45, 2.75) is 45.8 Å². The monoisotopic (exact) mass is 498 g/mol. The quantitative estimate of drug-likeness (QED) is 0.462. The molecular weight excluding hydrogens is 468 g/mol. The van der Waals surface area contributed by atoms with E-state index in [0.717, 1.165) is 39.5 Å². The van der Waals surface area contributed by atoms with E-state index in [-0.39, 0.29) is 6.10 Å². The van der Waals surface area contributed by atoms with Gasteiger partial charge in [0.25, 0.3) is 0 Å². The smallest absolute Gasteiger partial charge is 0.486 e. The van der Waals surface area contributed by atoms with Gasteiger partial charge in [-0.15, -0.1) is 11.3 Å². The van der Waals surface area contributed by atoms with Crippen LogP contribution in [0.1, 0.15) is 37.1 Å². The van der Waals surface area contributed by atoms with Crippen molar-refractivity contribution in [2.24, 2.45) is 0 Å². The number of fused-ring (bicyclic) bond motifs is 2. The molecule has 2 aromatic heterocycles. The van der Waals surface area contributed by atoms with Gasteiger partial charge in [0.1, 0.15) is 30.0 Å². The van der Waals surface area contributed by atoms with Crippen LogP contribution in [0, 0.1) is 0 Å². The summed E-state index contributed by atoms with van der Waals surface area (Å²) in [5, 5.41) is 4.56.